The van der Waals surface area contributed by atoms with Crippen LogP contribution in [0.1, 0.15) is 16.0 Å². The highest BCUT2D eigenvalue weighted by Gasteiger charge is 2.21. The average Bonchev–Trinajstić information content (AvgIpc) is 2.44. The van der Waals surface area contributed by atoms with Gasteiger partial charge in [-0.05, 0) is 29.3 Å². The molecular formula is C15H10BrClF2O2. The smallest absolute Gasteiger partial charge is 0.162 e. The molecule has 1 unspecified atom stereocenters. The van der Waals surface area contributed by atoms with Crippen LogP contribution in [-0.4, -0.2) is 13.2 Å². The molecule has 2 aromatic carbocycles. The van der Waals surface area contributed by atoms with Crippen LogP contribution in [0.3, 0.4) is 0 Å². The van der Waals surface area contributed by atoms with E-state index < -0.39 is 16.5 Å². The number of alkyl halides is 1. The van der Waals surface area contributed by atoms with Gasteiger partial charge in [-0.1, -0.05) is 27.5 Å². The molecular weight excluding hydrogens is 366 g/mol. The number of rotatable bonds is 2. The van der Waals surface area contributed by atoms with Crippen molar-refractivity contribution in [2.45, 2.75) is 4.83 Å². The Morgan fingerprint density at radius 3 is 2.14 bits per heavy atom. The number of hydrogen-bond donors (Lipinski definition) is 0. The Morgan fingerprint density at radius 2 is 1.52 bits per heavy atom. The highest BCUT2D eigenvalue weighted by molar-refractivity contribution is 9.09. The van der Waals surface area contributed by atoms with Crippen LogP contribution in [0.2, 0.25) is 5.02 Å². The minimum absolute atomic E-state index is 0.436. The van der Waals surface area contributed by atoms with Gasteiger partial charge in [-0.2, -0.15) is 0 Å². The van der Waals surface area contributed by atoms with E-state index in [2.05, 4.69) is 15.9 Å². The molecule has 0 radical (unpaired) electrons. The maximum Gasteiger partial charge on any atom is 0.162 e. The second-order valence-corrected chi connectivity index (χ2v) is 5.91. The molecule has 0 N–H and O–H groups in total. The number of fused-ring (bicyclic) bond motifs is 1. The van der Waals surface area contributed by atoms with Crippen LogP contribution in [0.4, 0.5) is 8.78 Å². The fourth-order valence-corrected chi connectivity index (χ4v) is 3.21. The van der Waals surface area contributed by atoms with Crippen LogP contribution in [-0.2, 0) is 0 Å². The van der Waals surface area contributed by atoms with Gasteiger partial charge in [0.25, 0.3) is 0 Å². The third-order valence-electron chi connectivity index (χ3n) is 3.11. The largest absolute Gasteiger partial charge is 0.486 e. The van der Waals surface area contributed by atoms with Gasteiger partial charge in [-0.15, -0.1) is 0 Å². The zero-order valence-electron chi connectivity index (χ0n) is 10.7. The van der Waals surface area contributed by atoms with Crippen LogP contribution < -0.4 is 9.47 Å². The summed E-state index contributed by atoms with van der Waals surface area (Å²) in [7, 11) is 0. The highest BCUT2D eigenvalue weighted by Crippen LogP contribution is 2.42. The summed E-state index contributed by atoms with van der Waals surface area (Å²) in [5.74, 6) is -0.131. The van der Waals surface area contributed by atoms with Crippen molar-refractivity contribution in [3.8, 4) is 11.5 Å². The molecule has 0 saturated carbocycles. The van der Waals surface area contributed by atoms with E-state index in [1.54, 1.807) is 12.1 Å². The number of hydrogen-bond acceptors (Lipinski definition) is 2. The maximum atomic E-state index is 13.3. The lowest BCUT2D eigenvalue weighted by molar-refractivity contribution is 0.171. The van der Waals surface area contributed by atoms with Crippen molar-refractivity contribution in [1.82, 2.24) is 0 Å². The van der Waals surface area contributed by atoms with E-state index in [1.807, 2.05) is 0 Å². The lowest BCUT2D eigenvalue weighted by Gasteiger charge is -2.21. The van der Waals surface area contributed by atoms with Crippen LogP contribution in [0.15, 0.2) is 30.3 Å². The molecule has 1 heterocycles. The molecule has 0 aliphatic carbocycles. The predicted octanol–water partition coefficient (Wildman–Crippen LogP) is 4.87. The van der Waals surface area contributed by atoms with E-state index in [0.29, 0.717) is 40.9 Å². The molecule has 0 spiro atoms. The molecule has 110 valence electrons. The molecule has 0 bridgehead atoms. The molecule has 1 atom stereocenters. The molecule has 0 saturated heterocycles. The van der Waals surface area contributed by atoms with Crippen molar-refractivity contribution < 1.29 is 18.3 Å². The molecule has 21 heavy (non-hydrogen) atoms. The van der Waals surface area contributed by atoms with Gasteiger partial charge in [0.2, 0.25) is 0 Å². The normalized spacial score (nSPS) is 14.9. The van der Waals surface area contributed by atoms with Gasteiger partial charge in [0.05, 0.1) is 4.83 Å². The van der Waals surface area contributed by atoms with Crippen LogP contribution in [0.25, 0.3) is 0 Å². The summed E-state index contributed by atoms with van der Waals surface area (Å²) in [6.45, 7) is 0.922. The Bertz CT molecular complexity index is 673. The number of ether oxygens (including phenoxy) is 2. The van der Waals surface area contributed by atoms with Crippen molar-refractivity contribution in [3.05, 3.63) is 58.1 Å². The first-order valence-electron chi connectivity index (χ1n) is 6.23. The maximum absolute atomic E-state index is 13.3. The Morgan fingerprint density at radius 1 is 0.952 bits per heavy atom. The first-order chi connectivity index (χ1) is 10.0. The van der Waals surface area contributed by atoms with Gasteiger partial charge in [0.15, 0.2) is 11.5 Å². The van der Waals surface area contributed by atoms with E-state index in [0.717, 1.165) is 6.07 Å². The van der Waals surface area contributed by atoms with E-state index in [4.69, 9.17) is 21.1 Å². The quantitative estimate of drug-likeness (QED) is 0.697. The Balaban J connectivity index is 2.02. The van der Waals surface area contributed by atoms with Crippen LogP contribution in [0, 0.1) is 11.6 Å². The molecule has 0 fully saturated rings. The van der Waals surface area contributed by atoms with Crippen molar-refractivity contribution >= 4 is 27.5 Å². The zero-order chi connectivity index (χ0) is 15.0. The van der Waals surface area contributed by atoms with Crippen molar-refractivity contribution in [2.24, 2.45) is 0 Å². The molecule has 6 heteroatoms. The molecule has 1 aliphatic heterocycles. The van der Waals surface area contributed by atoms with E-state index in [1.165, 1.54) is 12.1 Å². The summed E-state index contributed by atoms with van der Waals surface area (Å²) in [5, 5.41) is 0.436. The topological polar surface area (TPSA) is 18.5 Å². The van der Waals surface area contributed by atoms with Gasteiger partial charge >= 0.3 is 0 Å². The summed E-state index contributed by atoms with van der Waals surface area (Å²) in [4.78, 5) is -0.453. The molecule has 0 amide bonds. The number of halogens is 4. The zero-order valence-corrected chi connectivity index (χ0v) is 13.0. The third kappa shape index (κ3) is 2.99. The standard InChI is InChI=1S/C15H10BrClF2O2/c16-15(8-3-9(18)5-10(19)4-8)11-6-13-14(7-12(11)17)21-2-1-20-13/h3-7,15H,1-2H2. The Labute approximate surface area is 133 Å². The van der Waals surface area contributed by atoms with Gasteiger partial charge in [-0.3, -0.25) is 0 Å². The van der Waals surface area contributed by atoms with E-state index in [9.17, 15) is 8.78 Å². The Kier molecular flexibility index (Phi) is 4.04. The number of benzene rings is 2. The monoisotopic (exact) mass is 374 g/mol. The van der Waals surface area contributed by atoms with E-state index in [-0.39, 0.29) is 0 Å². The van der Waals surface area contributed by atoms with Gasteiger partial charge in [-0.25, -0.2) is 8.78 Å². The van der Waals surface area contributed by atoms with Crippen LogP contribution >= 0.6 is 27.5 Å². The van der Waals surface area contributed by atoms with E-state index >= 15 is 0 Å². The second kappa shape index (κ2) is 5.81. The molecule has 1 aliphatic rings. The average molecular weight is 376 g/mol. The summed E-state index contributed by atoms with van der Waals surface area (Å²) < 4.78 is 37.6. The minimum atomic E-state index is -0.636. The molecule has 2 aromatic rings. The summed E-state index contributed by atoms with van der Waals surface area (Å²) in [6.07, 6.45) is 0. The fraction of sp³-hybridized carbons (Fsp3) is 0.200. The Hall–Kier alpha value is -1.33. The lowest BCUT2D eigenvalue weighted by Crippen LogP contribution is -2.15. The second-order valence-electron chi connectivity index (χ2n) is 4.58. The molecule has 2 nitrogen and oxygen atoms in total. The lowest BCUT2D eigenvalue weighted by atomic mass is 10.0. The summed E-state index contributed by atoms with van der Waals surface area (Å²) in [5.41, 5.74) is 1.09. The van der Waals surface area contributed by atoms with Gasteiger partial charge in [0.1, 0.15) is 24.8 Å². The highest BCUT2D eigenvalue weighted by atomic mass is 79.9. The molecule has 3 rings (SSSR count). The summed E-state index contributed by atoms with van der Waals surface area (Å²) in [6, 6.07) is 6.72. The SMILES string of the molecule is Fc1cc(F)cc(C(Br)c2cc3c(cc2Cl)OCCO3)c1. The van der Waals surface area contributed by atoms with Crippen LogP contribution in [0.5, 0.6) is 11.5 Å². The predicted molar refractivity (Wildman–Crippen MR) is 79.6 cm³/mol. The molecule has 0 aromatic heterocycles. The van der Waals surface area contributed by atoms with Crippen molar-refractivity contribution in [3.63, 3.8) is 0 Å². The summed E-state index contributed by atoms with van der Waals surface area (Å²) >= 11 is 9.66. The first-order valence-corrected chi connectivity index (χ1v) is 7.53. The van der Waals surface area contributed by atoms with Gasteiger partial charge < -0.3 is 9.47 Å². The fourth-order valence-electron chi connectivity index (χ4n) is 2.17. The van der Waals surface area contributed by atoms with Gasteiger partial charge in [0, 0.05) is 17.2 Å². The minimum Gasteiger partial charge on any atom is -0.486 e. The first kappa shape index (κ1) is 14.6. The van der Waals surface area contributed by atoms with Crippen molar-refractivity contribution in [1.29, 1.82) is 0 Å². The van der Waals surface area contributed by atoms with Crippen molar-refractivity contribution in [2.75, 3.05) is 13.2 Å². The third-order valence-corrected chi connectivity index (χ3v) is 4.46.